The third-order valence-electron chi connectivity index (χ3n) is 11.4. The third-order valence-corrected chi connectivity index (χ3v) is 13.5. The van der Waals surface area contributed by atoms with Crippen molar-refractivity contribution in [3.05, 3.63) is 24.3 Å². The van der Waals surface area contributed by atoms with Crippen molar-refractivity contribution in [3.63, 3.8) is 0 Å². The molecular formula is C39H54F3N5O10S. The van der Waals surface area contributed by atoms with E-state index in [9.17, 15) is 40.8 Å². The van der Waals surface area contributed by atoms with Crippen molar-refractivity contribution in [2.75, 3.05) is 20.8 Å². The molecule has 3 fully saturated rings. The summed E-state index contributed by atoms with van der Waals surface area (Å²) in [5, 5.41) is 6.26. The predicted octanol–water partition coefficient (Wildman–Crippen LogP) is 5.15. The van der Waals surface area contributed by atoms with Crippen LogP contribution >= 0.6 is 0 Å². The average Bonchev–Trinajstić information content (AvgIpc) is 4.05. The van der Waals surface area contributed by atoms with Gasteiger partial charge in [-0.2, -0.15) is 18.2 Å². The Kier molecular flexibility index (Phi) is 12.8. The number of benzene rings is 1. The highest BCUT2D eigenvalue weighted by Crippen LogP contribution is 2.44. The minimum absolute atomic E-state index is 0.0574. The molecule has 2 aromatic rings. The second-order valence-corrected chi connectivity index (χ2v) is 18.8. The van der Waals surface area contributed by atoms with E-state index < -0.39 is 80.0 Å². The highest BCUT2D eigenvalue weighted by Gasteiger charge is 2.58. The lowest BCUT2D eigenvalue weighted by Crippen LogP contribution is -2.59. The van der Waals surface area contributed by atoms with Crippen LogP contribution in [0.25, 0.3) is 10.8 Å². The molecule has 5 rings (SSSR count). The summed E-state index contributed by atoms with van der Waals surface area (Å²) in [5.74, 6) is -2.20. The topological polar surface area (TPSA) is 192 Å². The number of nitrogens with one attached hydrogen (secondary N) is 3. The Morgan fingerprint density at radius 1 is 1.03 bits per heavy atom. The van der Waals surface area contributed by atoms with E-state index in [2.05, 4.69) is 20.3 Å². The zero-order valence-corrected chi connectivity index (χ0v) is 34.9. The summed E-state index contributed by atoms with van der Waals surface area (Å²) >= 11 is 0. The molecule has 1 aromatic carbocycles. The van der Waals surface area contributed by atoms with Crippen molar-refractivity contribution in [1.82, 2.24) is 25.2 Å². The van der Waals surface area contributed by atoms with Gasteiger partial charge in [0.15, 0.2) is 0 Å². The van der Waals surface area contributed by atoms with Gasteiger partial charge in [0.2, 0.25) is 39.2 Å². The van der Waals surface area contributed by atoms with Crippen LogP contribution in [0.5, 0.6) is 17.5 Å². The first-order valence-corrected chi connectivity index (χ1v) is 20.9. The highest BCUT2D eigenvalue weighted by atomic mass is 32.2. The van der Waals surface area contributed by atoms with Gasteiger partial charge in [0, 0.05) is 17.9 Å². The normalized spacial score (nSPS) is 21.3. The number of pyridine rings is 1. The maximum Gasteiger partial charge on any atom is 0.427 e. The molecule has 2 aliphatic carbocycles. The van der Waals surface area contributed by atoms with Crippen LogP contribution in [-0.4, -0.2) is 103 Å². The van der Waals surface area contributed by atoms with Crippen LogP contribution in [0, 0.1) is 11.8 Å². The fraction of sp³-hybridized carbons (Fsp3) is 0.667. The van der Waals surface area contributed by atoms with Crippen LogP contribution in [0.2, 0.25) is 0 Å². The number of hydrogen-bond acceptors (Lipinski definition) is 11. The van der Waals surface area contributed by atoms with Crippen LogP contribution in [-0.2, 0) is 29.1 Å². The lowest BCUT2D eigenvalue weighted by atomic mass is 9.88. The van der Waals surface area contributed by atoms with Crippen LogP contribution in [0.4, 0.5) is 18.0 Å². The summed E-state index contributed by atoms with van der Waals surface area (Å²) in [7, 11) is -1.10. The average molecular weight is 842 g/mol. The minimum atomic E-state index is -4.92. The molecule has 5 atom stereocenters. The number of amides is 4. The van der Waals surface area contributed by atoms with Gasteiger partial charge in [0.1, 0.15) is 29.5 Å². The second-order valence-electron chi connectivity index (χ2n) is 16.6. The van der Waals surface area contributed by atoms with E-state index in [1.807, 2.05) is 13.8 Å². The van der Waals surface area contributed by atoms with Gasteiger partial charge in [0.05, 0.1) is 25.5 Å². The number of aromatic nitrogens is 1. The minimum Gasteiger partial charge on any atom is -0.497 e. The Morgan fingerprint density at radius 2 is 1.71 bits per heavy atom. The number of hydrogen-bond donors (Lipinski definition) is 3. The Morgan fingerprint density at radius 3 is 2.28 bits per heavy atom. The first kappa shape index (κ1) is 44.6. The summed E-state index contributed by atoms with van der Waals surface area (Å²) in [6.07, 6.45) is -4.43. The number of rotatable bonds is 17. The van der Waals surface area contributed by atoms with E-state index in [-0.39, 0.29) is 43.5 Å². The van der Waals surface area contributed by atoms with E-state index in [1.54, 1.807) is 31.2 Å². The first-order chi connectivity index (χ1) is 27.0. The van der Waals surface area contributed by atoms with Gasteiger partial charge in [-0.15, -0.1) is 0 Å². The number of halogens is 3. The molecule has 1 aliphatic heterocycles. The Balaban J connectivity index is 1.48. The number of nitrogens with zero attached hydrogens (tertiary/aromatic N) is 2. The molecule has 322 valence electrons. The zero-order valence-electron chi connectivity index (χ0n) is 34.1. The van der Waals surface area contributed by atoms with Gasteiger partial charge < -0.3 is 34.5 Å². The Hall–Kier alpha value is -4.55. The largest absolute Gasteiger partial charge is 0.497 e. The number of methoxy groups -OCH3 is 2. The van der Waals surface area contributed by atoms with Gasteiger partial charge in [0.25, 0.3) is 5.91 Å². The zero-order chi connectivity index (χ0) is 43.0. The molecule has 0 spiro atoms. The van der Waals surface area contributed by atoms with Crippen molar-refractivity contribution < 1.29 is 59.7 Å². The molecule has 5 unspecified atom stereocenters. The monoisotopic (exact) mass is 841 g/mol. The van der Waals surface area contributed by atoms with E-state index in [0.717, 1.165) is 12.8 Å². The second kappa shape index (κ2) is 16.6. The highest BCUT2D eigenvalue weighted by molar-refractivity contribution is 7.91. The molecule has 58 heavy (non-hydrogen) atoms. The predicted molar refractivity (Wildman–Crippen MR) is 206 cm³/mol. The van der Waals surface area contributed by atoms with Crippen molar-refractivity contribution in [2.45, 2.75) is 133 Å². The van der Waals surface area contributed by atoms with Crippen molar-refractivity contribution in [1.29, 1.82) is 0 Å². The van der Waals surface area contributed by atoms with Crippen LogP contribution < -0.4 is 29.6 Å². The smallest absolute Gasteiger partial charge is 0.427 e. The molecule has 3 aliphatic rings. The summed E-state index contributed by atoms with van der Waals surface area (Å²) in [6, 6.07) is 4.06. The maximum atomic E-state index is 14.7. The standard InChI is InChI=1S/C39H54F3N5O10S/c1-9-10-22(2)17-23(3)30(44-35(51)57-36(4,5)39(40,41)42)33(49)47-21-26(56-32-27-12-11-25(54-7)18-24(27)19-29(43-32)55-8)20-28(47)31(48)45-38(15-16-38)34(50)46-58(52,53)37(6)13-14-37/h11-12,18-19,22-23,26,28,30H,9-10,13-17,20-21H2,1-8H3,(H,44,51)(H,45,48)(H,46,50). The molecule has 1 saturated heterocycles. The van der Waals surface area contributed by atoms with Crippen molar-refractivity contribution >= 4 is 44.6 Å². The summed E-state index contributed by atoms with van der Waals surface area (Å²) in [5.41, 5.74) is -4.45. The van der Waals surface area contributed by atoms with E-state index in [0.29, 0.717) is 49.6 Å². The molecule has 4 amide bonds. The molecule has 2 saturated carbocycles. The fourth-order valence-electron chi connectivity index (χ4n) is 7.13. The molecule has 19 heteroatoms. The van der Waals surface area contributed by atoms with Gasteiger partial charge in [-0.3, -0.25) is 19.1 Å². The number of ether oxygens (including phenoxy) is 4. The number of alkyl halides is 3. The van der Waals surface area contributed by atoms with Crippen LogP contribution in [0.3, 0.4) is 0 Å². The summed E-state index contributed by atoms with van der Waals surface area (Å²) in [4.78, 5) is 61.2. The molecular weight excluding hydrogens is 788 g/mol. The Labute approximate surface area is 336 Å². The SMILES string of the molecule is CCCC(C)CC(C)C(NC(=O)OC(C)(C)C(F)(F)F)C(=O)N1CC(Oc2nc(OC)cc3cc(OC)ccc23)CC1C(=O)NC1(C(=O)NS(=O)(=O)C2(C)CC2)CC1. The maximum absolute atomic E-state index is 14.7. The van der Waals surface area contributed by atoms with Crippen LogP contribution in [0.15, 0.2) is 24.3 Å². The van der Waals surface area contributed by atoms with E-state index >= 15 is 0 Å². The van der Waals surface area contributed by atoms with Crippen LogP contribution in [0.1, 0.15) is 92.9 Å². The Bertz CT molecular complexity index is 2000. The number of carbonyl (C=O) groups is 4. The number of alkyl carbamates (subject to hydrolysis) is 1. The van der Waals surface area contributed by atoms with Gasteiger partial charge in [-0.25, -0.2) is 13.2 Å². The molecule has 3 N–H and O–H groups in total. The number of likely N-dealkylation sites (tertiary alicyclic amines) is 1. The molecule has 0 radical (unpaired) electrons. The molecule has 0 bridgehead atoms. The number of carbonyl (C=O) groups excluding carboxylic acids is 4. The van der Waals surface area contributed by atoms with Crippen molar-refractivity contribution in [2.24, 2.45) is 11.8 Å². The van der Waals surface area contributed by atoms with Gasteiger partial charge in [-0.05, 0) is 88.3 Å². The number of sulfonamides is 1. The van der Waals surface area contributed by atoms with Gasteiger partial charge >= 0.3 is 12.3 Å². The van der Waals surface area contributed by atoms with Gasteiger partial charge in [-0.1, -0.05) is 33.6 Å². The third kappa shape index (κ3) is 9.66. The molecule has 2 heterocycles. The van der Waals surface area contributed by atoms with Crippen molar-refractivity contribution in [3.8, 4) is 17.5 Å². The molecule has 1 aromatic heterocycles. The quantitative estimate of drug-likeness (QED) is 0.191. The molecule has 15 nitrogen and oxygen atoms in total. The summed E-state index contributed by atoms with van der Waals surface area (Å²) < 4.78 is 90.0. The van der Waals surface area contributed by atoms with E-state index in [1.165, 1.54) is 26.0 Å². The first-order valence-electron chi connectivity index (χ1n) is 19.4. The summed E-state index contributed by atoms with van der Waals surface area (Å²) in [6.45, 7) is 8.27. The fourth-order valence-corrected chi connectivity index (χ4v) is 8.45. The lowest BCUT2D eigenvalue weighted by molar-refractivity contribution is -0.244. The van der Waals surface area contributed by atoms with E-state index in [4.69, 9.17) is 18.9 Å². The lowest BCUT2D eigenvalue weighted by Gasteiger charge is -2.34. The number of fused-ring (bicyclic) bond motifs is 1.